The average molecular weight is 499 g/mol. The fourth-order valence-electron chi connectivity index (χ4n) is 2.81. The molecule has 1 saturated heterocycles. The normalized spacial score (nSPS) is 17.1. The molecule has 0 aliphatic carbocycles. The van der Waals surface area contributed by atoms with Gasteiger partial charge in [0.1, 0.15) is 4.90 Å². The highest BCUT2D eigenvalue weighted by molar-refractivity contribution is 9.10. The second-order valence-corrected chi connectivity index (χ2v) is 11.0. The lowest BCUT2D eigenvalue weighted by Gasteiger charge is -2.31. The standard InChI is InChI=1S/C19H23BrN4O3S2/c1-14(19(25)22-16-5-3-4-15(20)12-16)28-18-7-6-17(13-21-18)29(26,27)24-10-8-23(2)9-11-24/h3-7,12-14H,8-11H2,1-2H3,(H,22,25). The maximum Gasteiger partial charge on any atom is 0.244 e. The number of likely N-dealkylation sites (N-methyl/N-ethyl adjacent to an activating group) is 1. The minimum absolute atomic E-state index is 0.149. The van der Waals surface area contributed by atoms with Crippen LogP contribution in [-0.2, 0) is 14.8 Å². The average Bonchev–Trinajstić information content (AvgIpc) is 2.68. The van der Waals surface area contributed by atoms with Crippen molar-refractivity contribution in [2.45, 2.75) is 22.1 Å². The molecule has 1 fully saturated rings. The van der Waals surface area contributed by atoms with Crippen LogP contribution in [0.2, 0.25) is 0 Å². The summed E-state index contributed by atoms with van der Waals surface area (Å²) in [5.41, 5.74) is 0.707. The summed E-state index contributed by atoms with van der Waals surface area (Å²) in [6.45, 7) is 4.16. The predicted octanol–water partition coefficient (Wildman–Crippen LogP) is 2.90. The van der Waals surface area contributed by atoms with Crippen LogP contribution < -0.4 is 5.32 Å². The van der Waals surface area contributed by atoms with Crippen molar-refractivity contribution in [2.24, 2.45) is 0 Å². The summed E-state index contributed by atoms with van der Waals surface area (Å²) in [6, 6.07) is 10.6. The monoisotopic (exact) mass is 498 g/mol. The number of nitrogens with zero attached hydrogens (tertiary/aromatic N) is 3. The zero-order valence-electron chi connectivity index (χ0n) is 16.2. The topological polar surface area (TPSA) is 82.6 Å². The highest BCUT2D eigenvalue weighted by Crippen LogP contribution is 2.25. The summed E-state index contributed by atoms with van der Waals surface area (Å²) in [5, 5.41) is 3.07. The number of benzene rings is 1. The number of hydrogen-bond donors (Lipinski definition) is 1. The summed E-state index contributed by atoms with van der Waals surface area (Å²) in [6.07, 6.45) is 1.37. The van der Waals surface area contributed by atoms with Crippen molar-refractivity contribution >= 4 is 49.3 Å². The zero-order chi connectivity index (χ0) is 21.0. The SMILES string of the molecule is CC(Sc1ccc(S(=O)(=O)N2CCN(C)CC2)cn1)C(=O)Nc1cccc(Br)c1. The van der Waals surface area contributed by atoms with Gasteiger partial charge in [-0.05, 0) is 44.3 Å². The van der Waals surface area contributed by atoms with Crippen molar-refractivity contribution in [3.63, 3.8) is 0 Å². The van der Waals surface area contributed by atoms with Crippen LogP contribution in [0.25, 0.3) is 0 Å². The number of pyridine rings is 1. The number of halogens is 1. The Morgan fingerprint density at radius 1 is 1.21 bits per heavy atom. The number of sulfonamides is 1. The van der Waals surface area contributed by atoms with E-state index < -0.39 is 10.0 Å². The van der Waals surface area contributed by atoms with Gasteiger partial charge in [-0.25, -0.2) is 13.4 Å². The first-order valence-electron chi connectivity index (χ1n) is 9.13. The van der Waals surface area contributed by atoms with Crippen LogP contribution in [0.1, 0.15) is 6.92 Å². The van der Waals surface area contributed by atoms with Crippen molar-refractivity contribution in [2.75, 3.05) is 38.5 Å². The Kier molecular flexibility index (Phi) is 7.33. The molecule has 1 aromatic carbocycles. The van der Waals surface area contributed by atoms with Crippen molar-refractivity contribution in [1.29, 1.82) is 0 Å². The largest absolute Gasteiger partial charge is 0.325 e. The minimum Gasteiger partial charge on any atom is -0.325 e. The van der Waals surface area contributed by atoms with E-state index in [1.807, 2.05) is 31.3 Å². The van der Waals surface area contributed by atoms with Crippen LogP contribution in [0.4, 0.5) is 5.69 Å². The number of amides is 1. The molecule has 156 valence electrons. The van der Waals surface area contributed by atoms with Gasteiger partial charge in [-0.1, -0.05) is 33.8 Å². The molecule has 2 aromatic rings. The first-order valence-corrected chi connectivity index (χ1v) is 12.2. The molecule has 1 N–H and O–H groups in total. The van der Waals surface area contributed by atoms with Crippen LogP contribution >= 0.6 is 27.7 Å². The van der Waals surface area contributed by atoms with Gasteiger partial charge in [0.25, 0.3) is 0 Å². The second kappa shape index (κ2) is 9.57. The molecular weight excluding hydrogens is 476 g/mol. The van der Waals surface area contributed by atoms with Crippen LogP contribution in [0.5, 0.6) is 0 Å². The minimum atomic E-state index is -3.54. The fraction of sp³-hybridized carbons (Fsp3) is 0.368. The van der Waals surface area contributed by atoms with E-state index in [0.29, 0.717) is 36.9 Å². The quantitative estimate of drug-likeness (QED) is 0.616. The van der Waals surface area contributed by atoms with Crippen molar-refractivity contribution < 1.29 is 13.2 Å². The van der Waals surface area contributed by atoms with Crippen LogP contribution in [-0.4, -0.2) is 67.0 Å². The second-order valence-electron chi connectivity index (χ2n) is 6.80. The molecule has 1 atom stereocenters. The van der Waals surface area contributed by atoms with E-state index in [-0.39, 0.29) is 16.1 Å². The number of hydrogen-bond acceptors (Lipinski definition) is 6. The van der Waals surface area contributed by atoms with E-state index in [9.17, 15) is 13.2 Å². The summed E-state index contributed by atoms with van der Waals surface area (Å²) >= 11 is 4.66. The molecule has 0 spiro atoms. The van der Waals surface area contributed by atoms with Crippen LogP contribution in [0.15, 0.2) is 57.0 Å². The van der Waals surface area contributed by atoms with E-state index in [2.05, 4.69) is 31.1 Å². The molecule has 1 aliphatic rings. The van der Waals surface area contributed by atoms with Crippen LogP contribution in [0.3, 0.4) is 0 Å². The van der Waals surface area contributed by atoms with Crippen molar-refractivity contribution in [3.05, 3.63) is 47.1 Å². The third-order valence-corrected chi connectivity index (χ3v) is 7.99. The third-order valence-electron chi connectivity index (χ3n) is 4.57. The molecular formula is C19H23BrN4O3S2. The van der Waals surface area contributed by atoms with E-state index in [1.165, 1.54) is 22.3 Å². The number of anilines is 1. The number of carbonyl (C=O) groups is 1. The summed E-state index contributed by atoms with van der Waals surface area (Å²) in [5.74, 6) is -0.149. The number of rotatable bonds is 6. The van der Waals surface area contributed by atoms with Gasteiger partial charge >= 0.3 is 0 Å². The lowest BCUT2D eigenvalue weighted by molar-refractivity contribution is -0.115. The van der Waals surface area contributed by atoms with Gasteiger partial charge in [-0.2, -0.15) is 4.31 Å². The Bertz CT molecular complexity index is 962. The highest BCUT2D eigenvalue weighted by Gasteiger charge is 2.27. The van der Waals surface area contributed by atoms with Crippen molar-refractivity contribution in [3.8, 4) is 0 Å². The molecule has 1 amide bonds. The Hall–Kier alpha value is -1.46. The number of thioether (sulfide) groups is 1. The van der Waals surface area contributed by atoms with Gasteiger partial charge in [0.05, 0.1) is 10.3 Å². The number of nitrogens with one attached hydrogen (secondary N) is 1. The van der Waals surface area contributed by atoms with Gasteiger partial charge in [0.2, 0.25) is 15.9 Å². The first-order chi connectivity index (χ1) is 13.8. The highest BCUT2D eigenvalue weighted by atomic mass is 79.9. The lowest BCUT2D eigenvalue weighted by Crippen LogP contribution is -2.47. The molecule has 29 heavy (non-hydrogen) atoms. The first kappa shape index (κ1) is 22.2. The summed E-state index contributed by atoms with van der Waals surface area (Å²) in [7, 11) is -1.56. The van der Waals surface area contributed by atoms with Gasteiger partial charge in [-0.15, -0.1) is 0 Å². The Morgan fingerprint density at radius 2 is 1.93 bits per heavy atom. The van der Waals surface area contributed by atoms with E-state index in [1.54, 1.807) is 19.1 Å². The zero-order valence-corrected chi connectivity index (χ0v) is 19.4. The number of piperazine rings is 1. The molecule has 7 nitrogen and oxygen atoms in total. The maximum atomic E-state index is 12.8. The van der Waals surface area contributed by atoms with E-state index in [4.69, 9.17) is 0 Å². The summed E-state index contributed by atoms with van der Waals surface area (Å²) in [4.78, 5) is 18.9. The molecule has 2 heterocycles. The summed E-state index contributed by atoms with van der Waals surface area (Å²) < 4.78 is 27.9. The Balaban J connectivity index is 1.61. The van der Waals surface area contributed by atoms with Gasteiger partial charge in [0, 0.05) is 42.5 Å². The van der Waals surface area contributed by atoms with E-state index in [0.717, 1.165) is 4.47 Å². The number of carbonyl (C=O) groups excluding carboxylic acids is 1. The molecule has 3 rings (SSSR count). The molecule has 1 unspecified atom stereocenters. The maximum absolute atomic E-state index is 12.8. The molecule has 10 heteroatoms. The molecule has 1 aliphatic heterocycles. The smallest absolute Gasteiger partial charge is 0.244 e. The van der Waals surface area contributed by atoms with Gasteiger partial charge in [-0.3, -0.25) is 4.79 Å². The lowest BCUT2D eigenvalue weighted by atomic mass is 10.3. The fourth-order valence-corrected chi connectivity index (χ4v) is 5.37. The Morgan fingerprint density at radius 3 is 2.55 bits per heavy atom. The predicted molar refractivity (Wildman–Crippen MR) is 119 cm³/mol. The third kappa shape index (κ3) is 5.79. The van der Waals surface area contributed by atoms with Gasteiger partial charge in [0.15, 0.2) is 0 Å². The van der Waals surface area contributed by atoms with Gasteiger partial charge < -0.3 is 10.2 Å². The molecule has 1 aromatic heterocycles. The Labute approximate surface area is 184 Å². The van der Waals surface area contributed by atoms with Crippen molar-refractivity contribution in [1.82, 2.24) is 14.2 Å². The number of aromatic nitrogens is 1. The molecule has 0 radical (unpaired) electrons. The molecule has 0 saturated carbocycles. The molecule has 0 bridgehead atoms. The van der Waals surface area contributed by atoms with Crippen LogP contribution in [0, 0.1) is 0 Å². The van der Waals surface area contributed by atoms with E-state index >= 15 is 0 Å².